The lowest BCUT2D eigenvalue weighted by atomic mass is 9.86. The highest BCUT2D eigenvalue weighted by Crippen LogP contribution is 2.34. The van der Waals surface area contributed by atoms with E-state index in [0.29, 0.717) is 34.8 Å². The summed E-state index contributed by atoms with van der Waals surface area (Å²) in [7, 11) is 1.92. The fraction of sp³-hybridized carbons (Fsp3) is 0.391. The van der Waals surface area contributed by atoms with Crippen molar-refractivity contribution in [1.82, 2.24) is 29.1 Å². The zero-order chi connectivity index (χ0) is 23.3. The van der Waals surface area contributed by atoms with Crippen molar-refractivity contribution in [2.45, 2.75) is 32.4 Å². The van der Waals surface area contributed by atoms with E-state index in [1.54, 1.807) is 18.5 Å². The molecule has 0 aliphatic carbocycles. The van der Waals surface area contributed by atoms with Crippen LogP contribution in [0.25, 0.3) is 17.0 Å². The van der Waals surface area contributed by atoms with Crippen LogP contribution in [0.5, 0.6) is 0 Å². The average molecular weight is 455 g/mol. The summed E-state index contributed by atoms with van der Waals surface area (Å²) < 4.78 is 43.0. The zero-order valence-corrected chi connectivity index (χ0v) is 18.6. The first-order chi connectivity index (χ1) is 15.7. The van der Waals surface area contributed by atoms with Crippen molar-refractivity contribution >= 4 is 11.6 Å². The molecule has 10 heteroatoms. The van der Waals surface area contributed by atoms with E-state index < -0.39 is 11.7 Å². The van der Waals surface area contributed by atoms with Crippen molar-refractivity contribution in [3.63, 3.8) is 0 Å². The van der Waals surface area contributed by atoms with Gasteiger partial charge in [0.25, 0.3) is 0 Å². The molecule has 0 bridgehead atoms. The van der Waals surface area contributed by atoms with Gasteiger partial charge in [-0.05, 0) is 43.0 Å². The topological polar surface area (TPSA) is 64.1 Å². The van der Waals surface area contributed by atoms with Gasteiger partial charge in [-0.2, -0.15) is 18.3 Å². The summed E-state index contributed by atoms with van der Waals surface area (Å²) in [6.07, 6.45) is 2.94. The van der Waals surface area contributed by atoms with E-state index in [2.05, 4.69) is 33.1 Å². The van der Waals surface area contributed by atoms with Gasteiger partial charge in [0.05, 0.1) is 28.8 Å². The van der Waals surface area contributed by atoms with E-state index >= 15 is 0 Å². The fourth-order valence-corrected chi connectivity index (χ4v) is 4.74. The lowest BCUT2D eigenvalue weighted by Gasteiger charge is -2.36. The molecule has 1 aliphatic heterocycles. The predicted molar refractivity (Wildman–Crippen MR) is 118 cm³/mol. The van der Waals surface area contributed by atoms with Crippen molar-refractivity contribution in [2.75, 3.05) is 18.0 Å². The second-order valence-corrected chi connectivity index (χ2v) is 8.82. The number of hydrogen-bond acceptors (Lipinski definition) is 5. The molecule has 0 radical (unpaired) electrons. The van der Waals surface area contributed by atoms with Crippen molar-refractivity contribution in [1.29, 1.82) is 0 Å². The van der Waals surface area contributed by atoms with Crippen LogP contribution in [0.15, 0.2) is 43.0 Å². The molecule has 33 heavy (non-hydrogen) atoms. The standard InChI is InChI=1S/C23H24F3N7/c1-14-8-16(18-13-31(3)30-15(18)2)11-32(10-14)22-27-7-6-19(29-22)20-9-28-21-5-4-17(12-33(20)21)23(24,25)26/h4-7,9,12-14,16H,8,10-11H2,1-3H3/t14-,16?/m1/s1. The van der Waals surface area contributed by atoms with Crippen LogP contribution in [0, 0.1) is 12.8 Å². The number of rotatable bonds is 3. The number of halogens is 3. The van der Waals surface area contributed by atoms with Crippen molar-refractivity contribution < 1.29 is 13.2 Å². The van der Waals surface area contributed by atoms with Gasteiger partial charge >= 0.3 is 6.18 Å². The van der Waals surface area contributed by atoms with E-state index in [0.717, 1.165) is 37.5 Å². The van der Waals surface area contributed by atoms with Crippen LogP contribution in [-0.2, 0) is 13.2 Å². The van der Waals surface area contributed by atoms with Gasteiger partial charge in [0.1, 0.15) is 5.65 Å². The number of anilines is 1. The van der Waals surface area contributed by atoms with Crippen molar-refractivity contribution in [3.05, 3.63) is 59.8 Å². The number of pyridine rings is 1. The highest BCUT2D eigenvalue weighted by Gasteiger charge is 2.32. The number of nitrogens with zero attached hydrogens (tertiary/aromatic N) is 7. The van der Waals surface area contributed by atoms with Gasteiger partial charge in [-0.15, -0.1) is 0 Å². The van der Waals surface area contributed by atoms with E-state index in [1.807, 2.05) is 18.7 Å². The third-order valence-corrected chi connectivity index (χ3v) is 6.17. The predicted octanol–water partition coefficient (Wildman–Crippen LogP) is 4.48. The Morgan fingerprint density at radius 3 is 2.61 bits per heavy atom. The van der Waals surface area contributed by atoms with Crippen LogP contribution in [0.2, 0.25) is 0 Å². The third kappa shape index (κ3) is 4.05. The van der Waals surface area contributed by atoms with Crippen LogP contribution in [-0.4, -0.2) is 42.2 Å². The molecule has 7 nitrogen and oxygen atoms in total. The van der Waals surface area contributed by atoms with Gasteiger partial charge in [0, 0.05) is 44.6 Å². The minimum absolute atomic E-state index is 0.305. The van der Waals surface area contributed by atoms with Crippen molar-refractivity contribution in [3.8, 4) is 11.4 Å². The van der Waals surface area contributed by atoms with Crippen molar-refractivity contribution in [2.24, 2.45) is 13.0 Å². The highest BCUT2D eigenvalue weighted by molar-refractivity contribution is 5.61. The molecule has 172 valence electrons. The van der Waals surface area contributed by atoms with E-state index in [4.69, 9.17) is 4.98 Å². The summed E-state index contributed by atoms with van der Waals surface area (Å²) in [5.74, 6) is 1.30. The molecule has 4 aromatic heterocycles. The van der Waals surface area contributed by atoms with E-state index in [1.165, 1.54) is 16.0 Å². The fourth-order valence-electron chi connectivity index (χ4n) is 4.74. The van der Waals surface area contributed by atoms with Crippen LogP contribution >= 0.6 is 0 Å². The smallest absolute Gasteiger partial charge is 0.340 e. The summed E-state index contributed by atoms with van der Waals surface area (Å²) in [5, 5.41) is 4.49. The summed E-state index contributed by atoms with van der Waals surface area (Å²) in [5.41, 5.74) is 2.97. The molecule has 0 N–H and O–H groups in total. The molecule has 1 unspecified atom stereocenters. The number of aryl methyl sites for hydroxylation is 2. The maximum absolute atomic E-state index is 13.2. The zero-order valence-electron chi connectivity index (χ0n) is 18.6. The van der Waals surface area contributed by atoms with E-state index in [9.17, 15) is 13.2 Å². The highest BCUT2D eigenvalue weighted by atomic mass is 19.4. The molecule has 1 saturated heterocycles. The van der Waals surface area contributed by atoms with Crippen LogP contribution < -0.4 is 4.90 Å². The second-order valence-electron chi connectivity index (χ2n) is 8.82. The maximum Gasteiger partial charge on any atom is 0.417 e. The second kappa shape index (κ2) is 7.86. The first-order valence-electron chi connectivity index (χ1n) is 10.8. The summed E-state index contributed by atoms with van der Waals surface area (Å²) in [6, 6.07) is 4.10. The lowest BCUT2D eigenvalue weighted by Crippen LogP contribution is -2.39. The summed E-state index contributed by atoms with van der Waals surface area (Å²) in [6.45, 7) is 5.80. The molecule has 2 atom stereocenters. The molecule has 1 fully saturated rings. The van der Waals surface area contributed by atoms with Crippen LogP contribution in [0.1, 0.15) is 36.1 Å². The molecule has 4 aromatic rings. The Labute approximate surface area is 188 Å². The molecule has 0 saturated carbocycles. The Morgan fingerprint density at radius 2 is 1.88 bits per heavy atom. The summed E-state index contributed by atoms with van der Waals surface area (Å²) in [4.78, 5) is 15.6. The molecule has 0 aromatic carbocycles. The Kier molecular flexibility index (Phi) is 5.10. The third-order valence-electron chi connectivity index (χ3n) is 6.17. The SMILES string of the molecule is Cc1nn(C)cc1C1C[C@@H](C)CN(c2nccc(-c3cnc4ccc(C(F)(F)F)cn34)n2)C1. The van der Waals surface area contributed by atoms with E-state index in [-0.39, 0.29) is 0 Å². The quantitative estimate of drug-likeness (QED) is 0.456. The molecule has 1 aliphatic rings. The molecule has 0 spiro atoms. The first-order valence-corrected chi connectivity index (χ1v) is 10.8. The van der Waals surface area contributed by atoms with Gasteiger partial charge in [-0.1, -0.05) is 6.92 Å². The minimum atomic E-state index is -4.43. The normalized spacial score (nSPS) is 19.4. The Hall–Kier alpha value is -3.43. The monoisotopic (exact) mass is 455 g/mol. The van der Waals surface area contributed by atoms with Gasteiger partial charge in [-0.3, -0.25) is 9.08 Å². The number of fused-ring (bicyclic) bond motifs is 1. The Balaban J connectivity index is 1.49. The first kappa shape index (κ1) is 21.4. The Morgan fingerprint density at radius 1 is 1.06 bits per heavy atom. The average Bonchev–Trinajstić information content (AvgIpc) is 3.34. The molecule has 0 amide bonds. The lowest BCUT2D eigenvalue weighted by molar-refractivity contribution is -0.137. The number of piperidine rings is 1. The van der Waals surface area contributed by atoms with Gasteiger partial charge in [-0.25, -0.2) is 15.0 Å². The molecular formula is C23H24F3N7. The maximum atomic E-state index is 13.2. The number of alkyl halides is 3. The molecular weight excluding hydrogens is 431 g/mol. The molecule has 5 rings (SSSR count). The number of aromatic nitrogens is 6. The van der Waals surface area contributed by atoms with Crippen LogP contribution in [0.4, 0.5) is 19.1 Å². The number of hydrogen-bond donors (Lipinski definition) is 0. The van der Waals surface area contributed by atoms with Gasteiger partial charge in [0.15, 0.2) is 0 Å². The van der Waals surface area contributed by atoms with Gasteiger partial charge < -0.3 is 4.90 Å². The Bertz CT molecular complexity index is 1310. The van der Waals surface area contributed by atoms with Gasteiger partial charge in [0.2, 0.25) is 5.95 Å². The molecule has 5 heterocycles. The number of imidazole rings is 1. The summed E-state index contributed by atoms with van der Waals surface area (Å²) >= 11 is 0. The minimum Gasteiger partial charge on any atom is -0.340 e. The largest absolute Gasteiger partial charge is 0.417 e. The van der Waals surface area contributed by atoms with Crippen LogP contribution in [0.3, 0.4) is 0 Å².